The van der Waals surface area contributed by atoms with Crippen LogP contribution in [0.15, 0.2) is 24.3 Å². The lowest BCUT2D eigenvalue weighted by molar-refractivity contribution is 0.0672. The van der Waals surface area contributed by atoms with Gasteiger partial charge in [-0.05, 0) is 43.5 Å². The lowest BCUT2D eigenvalue weighted by atomic mass is 9.97. The van der Waals surface area contributed by atoms with Crippen LogP contribution in [-0.2, 0) is 0 Å². The van der Waals surface area contributed by atoms with E-state index in [0.29, 0.717) is 17.5 Å². The number of amides is 1. The monoisotopic (exact) mass is 276 g/mol. The van der Waals surface area contributed by atoms with Crippen LogP contribution in [0.2, 0.25) is 0 Å². The highest BCUT2D eigenvalue weighted by Gasteiger charge is 2.24. The summed E-state index contributed by atoms with van der Waals surface area (Å²) in [6.07, 6.45) is 2.22. The van der Waals surface area contributed by atoms with Crippen molar-refractivity contribution in [1.29, 1.82) is 0 Å². The second-order valence-electron chi connectivity index (χ2n) is 5.87. The molecule has 0 aromatic heterocycles. The molecule has 1 aromatic rings. The van der Waals surface area contributed by atoms with E-state index in [4.69, 9.17) is 0 Å². The summed E-state index contributed by atoms with van der Waals surface area (Å²) in [6, 6.07) is 7.08. The average Bonchev–Trinajstić information content (AvgIpc) is 2.44. The van der Waals surface area contributed by atoms with Gasteiger partial charge in [0.05, 0.1) is 0 Å². The first-order chi connectivity index (χ1) is 9.56. The van der Waals surface area contributed by atoms with Crippen LogP contribution in [0.1, 0.15) is 37.0 Å². The molecule has 0 bridgehead atoms. The number of likely N-dealkylation sites (tertiary alicyclic amines) is 1. The van der Waals surface area contributed by atoms with Crippen LogP contribution in [0, 0.1) is 5.92 Å². The predicted octanol–water partition coefficient (Wildman–Crippen LogP) is 2.24. The third kappa shape index (κ3) is 3.97. The smallest absolute Gasteiger partial charge is 0.253 e. The van der Waals surface area contributed by atoms with Crippen LogP contribution in [0.4, 0.5) is 0 Å². The Morgan fingerprint density at radius 3 is 3.00 bits per heavy atom. The molecule has 1 aliphatic rings. The number of carbonyl (C=O) groups excluding carboxylic acids is 1. The van der Waals surface area contributed by atoms with Gasteiger partial charge in [-0.1, -0.05) is 19.9 Å². The van der Waals surface area contributed by atoms with Gasteiger partial charge in [0.25, 0.3) is 5.91 Å². The maximum absolute atomic E-state index is 12.4. The Balaban J connectivity index is 1.96. The molecule has 1 aromatic carbocycles. The molecule has 1 heterocycles. The van der Waals surface area contributed by atoms with Crippen molar-refractivity contribution in [1.82, 2.24) is 10.2 Å². The minimum Gasteiger partial charge on any atom is -0.508 e. The van der Waals surface area contributed by atoms with Gasteiger partial charge in [0.2, 0.25) is 0 Å². The van der Waals surface area contributed by atoms with E-state index in [2.05, 4.69) is 19.2 Å². The Morgan fingerprint density at radius 2 is 2.30 bits per heavy atom. The molecule has 4 nitrogen and oxygen atoms in total. The Hall–Kier alpha value is -1.55. The van der Waals surface area contributed by atoms with Gasteiger partial charge in [-0.2, -0.15) is 0 Å². The molecule has 1 saturated heterocycles. The zero-order valence-corrected chi connectivity index (χ0v) is 12.3. The number of phenols is 1. The number of aromatic hydroxyl groups is 1. The highest BCUT2D eigenvalue weighted by atomic mass is 16.3. The molecule has 1 aliphatic heterocycles. The first kappa shape index (κ1) is 14.9. The van der Waals surface area contributed by atoms with E-state index in [0.717, 1.165) is 26.1 Å². The number of piperidine rings is 1. The van der Waals surface area contributed by atoms with Gasteiger partial charge >= 0.3 is 0 Å². The van der Waals surface area contributed by atoms with Crippen molar-refractivity contribution < 1.29 is 9.90 Å². The highest BCUT2D eigenvalue weighted by Crippen LogP contribution is 2.20. The predicted molar refractivity (Wildman–Crippen MR) is 79.9 cm³/mol. The maximum Gasteiger partial charge on any atom is 0.253 e. The van der Waals surface area contributed by atoms with Crippen molar-refractivity contribution in [2.75, 3.05) is 19.6 Å². The fourth-order valence-corrected chi connectivity index (χ4v) is 2.64. The minimum absolute atomic E-state index is 0.0233. The van der Waals surface area contributed by atoms with Crippen molar-refractivity contribution in [2.24, 2.45) is 5.92 Å². The summed E-state index contributed by atoms with van der Waals surface area (Å²) < 4.78 is 0. The molecule has 0 saturated carbocycles. The number of benzene rings is 1. The summed E-state index contributed by atoms with van der Waals surface area (Å²) in [5.41, 5.74) is 0.572. The molecule has 1 unspecified atom stereocenters. The van der Waals surface area contributed by atoms with Gasteiger partial charge in [0, 0.05) is 24.7 Å². The summed E-state index contributed by atoms with van der Waals surface area (Å²) in [6.45, 7) is 6.85. The number of nitrogens with zero attached hydrogens (tertiary/aromatic N) is 1. The van der Waals surface area contributed by atoms with E-state index in [1.807, 2.05) is 4.90 Å². The molecule has 1 fully saturated rings. The average molecular weight is 276 g/mol. The number of phenolic OH excluding ortho intramolecular Hbond substituents is 1. The summed E-state index contributed by atoms with van der Waals surface area (Å²) >= 11 is 0. The van der Waals surface area contributed by atoms with E-state index in [1.54, 1.807) is 18.2 Å². The summed E-state index contributed by atoms with van der Waals surface area (Å²) in [5, 5.41) is 12.9. The molecule has 1 amide bonds. The number of nitrogens with one attached hydrogen (secondary N) is 1. The summed E-state index contributed by atoms with van der Waals surface area (Å²) in [4.78, 5) is 14.3. The van der Waals surface area contributed by atoms with E-state index in [9.17, 15) is 9.90 Å². The molecule has 0 spiro atoms. The normalized spacial score (nSPS) is 19.4. The van der Waals surface area contributed by atoms with Crippen LogP contribution < -0.4 is 5.32 Å². The van der Waals surface area contributed by atoms with Gasteiger partial charge < -0.3 is 15.3 Å². The van der Waals surface area contributed by atoms with E-state index in [1.165, 1.54) is 12.5 Å². The van der Waals surface area contributed by atoms with Crippen LogP contribution >= 0.6 is 0 Å². The van der Waals surface area contributed by atoms with E-state index < -0.39 is 0 Å². The lowest BCUT2D eigenvalue weighted by Crippen LogP contribution is -2.43. The number of carbonyl (C=O) groups is 1. The first-order valence-electron chi connectivity index (χ1n) is 7.38. The van der Waals surface area contributed by atoms with Gasteiger partial charge in [0.15, 0.2) is 0 Å². The molecular weight excluding hydrogens is 252 g/mol. The number of rotatable bonds is 4. The van der Waals surface area contributed by atoms with Crippen LogP contribution in [-0.4, -0.2) is 41.6 Å². The molecule has 1 atom stereocenters. The van der Waals surface area contributed by atoms with Gasteiger partial charge in [-0.25, -0.2) is 0 Å². The van der Waals surface area contributed by atoms with E-state index >= 15 is 0 Å². The molecule has 2 rings (SSSR count). The SMILES string of the molecule is CC(C)NCC1CCCN(C(=O)c2cccc(O)c2)C1. The van der Waals surface area contributed by atoms with Gasteiger partial charge in [-0.15, -0.1) is 0 Å². The zero-order chi connectivity index (χ0) is 14.5. The second kappa shape index (κ2) is 6.75. The standard InChI is InChI=1S/C16H24N2O2/c1-12(2)17-10-13-5-4-8-18(11-13)16(20)14-6-3-7-15(19)9-14/h3,6-7,9,12-13,17,19H,4-5,8,10-11H2,1-2H3. The Labute approximate surface area is 120 Å². The van der Waals surface area contributed by atoms with Crippen LogP contribution in [0.5, 0.6) is 5.75 Å². The third-order valence-corrected chi connectivity index (χ3v) is 3.71. The van der Waals surface area contributed by atoms with Crippen molar-refractivity contribution in [3.8, 4) is 5.75 Å². The fourth-order valence-electron chi connectivity index (χ4n) is 2.64. The number of hydrogen-bond acceptors (Lipinski definition) is 3. The number of hydrogen-bond donors (Lipinski definition) is 2. The topological polar surface area (TPSA) is 52.6 Å². The Kier molecular flexibility index (Phi) is 5.01. The highest BCUT2D eigenvalue weighted by molar-refractivity contribution is 5.94. The molecule has 4 heteroatoms. The molecule has 0 radical (unpaired) electrons. The molecule has 110 valence electrons. The summed E-state index contributed by atoms with van der Waals surface area (Å²) in [5.74, 6) is 0.688. The lowest BCUT2D eigenvalue weighted by Gasteiger charge is -2.33. The van der Waals surface area contributed by atoms with Crippen molar-refractivity contribution in [3.63, 3.8) is 0 Å². The molecule has 0 aliphatic carbocycles. The maximum atomic E-state index is 12.4. The van der Waals surface area contributed by atoms with Gasteiger partial charge in [-0.3, -0.25) is 4.79 Å². The van der Waals surface area contributed by atoms with Crippen molar-refractivity contribution in [3.05, 3.63) is 29.8 Å². The van der Waals surface area contributed by atoms with Crippen molar-refractivity contribution >= 4 is 5.91 Å². The van der Waals surface area contributed by atoms with Crippen LogP contribution in [0.3, 0.4) is 0 Å². The quantitative estimate of drug-likeness (QED) is 0.887. The fraction of sp³-hybridized carbons (Fsp3) is 0.562. The Morgan fingerprint density at radius 1 is 1.50 bits per heavy atom. The summed E-state index contributed by atoms with van der Waals surface area (Å²) in [7, 11) is 0. The van der Waals surface area contributed by atoms with Gasteiger partial charge in [0.1, 0.15) is 5.75 Å². The molecule has 20 heavy (non-hydrogen) atoms. The van der Waals surface area contributed by atoms with E-state index in [-0.39, 0.29) is 11.7 Å². The molecular formula is C16H24N2O2. The van der Waals surface area contributed by atoms with Crippen molar-refractivity contribution in [2.45, 2.75) is 32.7 Å². The second-order valence-corrected chi connectivity index (χ2v) is 5.87. The Bertz CT molecular complexity index is 460. The zero-order valence-electron chi connectivity index (χ0n) is 12.3. The first-order valence-corrected chi connectivity index (χ1v) is 7.38. The largest absolute Gasteiger partial charge is 0.508 e. The third-order valence-electron chi connectivity index (χ3n) is 3.71. The van der Waals surface area contributed by atoms with Crippen LogP contribution in [0.25, 0.3) is 0 Å². The molecule has 2 N–H and O–H groups in total. The minimum atomic E-state index is 0.0233.